The van der Waals surface area contributed by atoms with Crippen LogP contribution in [0.4, 0.5) is 5.69 Å². The van der Waals surface area contributed by atoms with E-state index in [0.717, 1.165) is 12.1 Å². The van der Waals surface area contributed by atoms with Gasteiger partial charge in [0.1, 0.15) is 6.42 Å². The standard InChI is InChI=1S/C16H22N2O2/c1-11(2)10-17-15(19)9-16(20)18-12(3)8-13-6-4-5-7-14(13)18/h4-7,11-12H,8-10H2,1-3H3,(H,17,19). The summed E-state index contributed by atoms with van der Waals surface area (Å²) >= 11 is 0. The minimum absolute atomic E-state index is 0.0780. The third kappa shape index (κ3) is 3.18. The number of carbonyl (C=O) groups is 2. The van der Waals surface area contributed by atoms with Crippen molar-refractivity contribution in [1.82, 2.24) is 5.32 Å². The molecule has 1 aliphatic heterocycles. The van der Waals surface area contributed by atoms with Gasteiger partial charge in [0.2, 0.25) is 11.8 Å². The van der Waals surface area contributed by atoms with E-state index in [0.29, 0.717) is 12.5 Å². The molecule has 1 aromatic rings. The molecule has 0 bridgehead atoms. The van der Waals surface area contributed by atoms with Gasteiger partial charge in [-0.2, -0.15) is 0 Å². The fourth-order valence-electron chi connectivity index (χ4n) is 2.55. The van der Waals surface area contributed by atoms with Crippen LogP contribution in [0.15, 0.2) is 24.3 Å². The number of benzene rings is 1. The predicted molar refractivity (Wildman–Crippen MR) is 79.6 cm³/mol. The molecule has 108 valence electrons. The van der Waals surface area contributed by atoms with Gasteiger partial charge in [0, 0.05) is 18.3 Å². The second-order valence-corrected chi connectivity index (χ2v) is 5.82. The number of rotatable bonds is 4. The first-order valence-corrected chi connectivity index (χ1v) is 7.15. The van der Waals surface area contributed by atoms with Gasteiger partial charge >= 0.3 is 0 Å². The first-order valence-electron chi connectivity index (χ1n) is 7.15. The van der Waals surface area contributed by atoms with Crippen molar-refractivity contribution in [3.8, 4) is 0 Å². The number of carbonyl (C=O) groups excluding carboxylic acids is 2. The van der Waals surface area contributed by atoms with E-state index in [1.165, 1.54) is 5.56 Å². The van der Waals surface area contributed by atoms with Crippen LogP contribution in [-0.4, -0.2) is 24.4 Å². The summed E-state index contributed by atoms with van der Waals surface area (Å²) in [6, 6.07) is 8.02. The van der Waals surface area contributed by atoms with Crippen molar-refractivity contribution in [3.05, 3.63) is 29.8 Å². The molecule has 4 heteroatoms. The maximum Gasteiger partial charge on any atom is 0.236 e. The molecule has 0 fully saturated rings. The third-order valence-corrected chi connectivity index (χ3v) is 3.50. The van der Waals surface area contributed by atoms with E-state index in [9.17, 15) is 9.59 Å². The molecule has 0 aromatic heterocycles. The lowest BCUT2D eigenvalue weighted by Crippen LogP contribution is -2.39. The summed E-state index contributed by atoms with van der Waals surface area (Å²) < 4.78 is 0. The maximum atomic E-state index is 12.3. The van der Waals surface area contributed by atoms with Gasteiger partial charge in [0.25, 0.3) is 0 Å². The highest BCUT2D eigenvalue weighted by Gasteiger charge is 2.31. The molecule has 0 saturated carbocycles. The Kier molecular flexibility index (Phi) is 4.42. The van der Waals surface area contributed by atoms with Crippen LogP contribution in [0, 0.1) is 5.92 Å². The molecule has 1 aromatic carbocycles. The fraction of sp³-hybridized carbons (Fsp3) is 0.500. The zero-order valence-corrected chi connectivity index (χ0v) is 12.3. The topological polar surface area (TPSA) is 49.4 Å². The Labute approximate surface area is 120 Å². The number of anilines is 1. The average molecular weight is 274 g/mol. The Balaban J connectivity index is 2.01. The van der Waals surface area contributed by atoms with Crippen LogP contribution in [-0.2, 0) is 16.0 Å². The molecule has 20 heavy (non-hydrogen) atoms. The molecule has 2 rings (SSSR count). The molecule has 0 aliphatic carbocycles. The molecule has 1 N–H and O–H groups in total. The van der Waals surface area contributed by atoms with E-state index in [1.54, 1.807) is 4.90 Å². The van der Waals surface area contributed by atoms with Crippen LogP contribution in [0.3, 0.4) is 0 Å². The number of amides is 2. The monoisotopic (exact) mass is 274 g/mol. The number of nitrogens with one attached hydrogen (secondary N) is 1. The SMILES string of the molecule is CC(C)CNC(=O)CC(=O)N1c2ccccc2CC1C. The van der Waals surface area contributed by atoms with Gasteiger partial charge in [0.15, 0.2) is 0 Å². The molecular formula is C16H22N2O2. The first-order chi connectivity index (χ1) is 9.49. The second-order valence-electron chi connectivity index (χ2n) is 5.82. The summed E-state index contributed by atoms with van der Waals surface area (Å²) in [5.41, 5.74) is 2.12. The molecule has 2 amide bonds. The van der Waals surface area contributed by atoms with E-state index in [4.69, 9.17) is 0 Å². The Morgan fingerprint density at radius 1 is 1.35 bits per heavy atom. The van der Waals surface area contributed by atoms with Crippen molar-refractivity contribution in [2.45, 2.75) is 39.7 Å². The van der Waals surface area contributed by atoms with Crippen molar-refractivity contribution in [2.24, 2.45) is 5.92 Å². The normalized spacial score (nSPS) is 17.2. The van der Waals surface area contributed by atoms with E-state index in [-0.39, 0.29) is 24.3 Å². The molecule has 1 aliphatic rings. The lowest BCUT2D eigenvalue weighted by Gasteiger charge is -2.22. The number of hydrogen-bond donors (Lipinski definition) is 1. The van der Waals surface area contributed by atoms with Crippen LogP contribution in [0.5, 0.6) is 0 Å². The summed E-state index contributed by atoms with van der Waals surface area (Å²) in [4.78, 5) is 25.9. The van der Waals surface area contributed by atoms with Crippen molar-refractivity contribution in [2.75, 3.05) is 11.4 Å². The first kappa shape index (κ1) is 14.6. The van der Waals surface area contributed by atoms with Gasteiger partial charge < -0.3 is 10.2 Å². The molecule has 0 saturated heterocycles. The number of fused-ring (bicyclic) bond motifs is 1. The summed E-state index contributed by atoms with van der Waals surface area (Å²) in [6.45, 7) is 6.68. The molecule has 0 radical (unpaired) electrons. The fourth-order valence-corrected chi connectivity index (χ4v) is 2.55. The number of nitrogens with zero attached hydrogens (tertiary/aromatic N) is 1. The molecule has 1 atom stereocenters. The van der Waals surface area contributed by atoms with Crippen molar-refractivity contribution >= 4 is 17.5 Å². The van der Waals surface area contributed by atoms with Crippen LogP contribution >= 0.6 is 0 Å². The Hall–Kier alpha value is -1.84. The third-order valence-electron chi connectivity index (χ3n) is 3.50. The van der Waals surface area contributed by atoms with Crippen LogP contribution in [0.2, 0.25) is 0 Å². The minimum Gasteiger partial charge on any atom is -0.355 e. The van der Waals surface area contributed by atoms with Crippen molar-refractivity contribution < 1.29 is 9.59 Å². The molecular weight excluding hydrogens is 252 g/mol. The van der Waals surface area contributed by atoms with Gasteiger partial charge in [-0.25, -0.2) is 0 Å². The number of para-hydroxylation sites is 1. The van der Waals surface area contributed by atoms with Gasteiger partial charge in [-0.15, -0.1) is 0 Å². The zero-order chi connectivity index (χ0) is 14.7. The molecule has 0 spiro atoms. The summed E-state index contributed by atoms with van der Waals surface area (Å²) in [5, 5.41) is 2.79. The van der Waals surface area contributed by atoms with E-state index in [1.807, 2.05) is 45.0 Å². The Morgan fingerprint density at radius 3 is 2.75 bits per heavy atom. The molecule has 1 heterocycles. The Bertz CT molecular complexity index is 511. The van der Waals surface area contributed by atoms with Crippen molar-refractivity contribution in [1.29, 1.82) is 0 Å². The number of hydrogen-bond acceptors (Lipinski definition) is 2. The smallest absolute Gasteiger partial charge is 0.236 e. The predicted octanol–water partition coefficient (Wildman–Crippen LogP) is 2.13. The highest BCUT2D eigenvalue weighted by Crippen LogP contribution is 2.32. The lowest BCUT2D eigenvalue weighted by atomic mass is 10.1. The second kappa shape index (κ2) is 6.07. The average Bonchev–Trinajstić information content (AvgIpc) is 2.72. The van der Waals surface area contributed by atoms with E-state index < -0.39 is 0 Å². The van der Waals surface area contributed by atoms with Crippen LogP contribution in [0.1, 0.15) is 32.8 Å². The maximum absolute atomic E-state index is 12.3. The summed E-state index contributed by atoms with van der Waals surface area (Å²) in [6.07, 6.45) is 0.779. The lowest BCUT2D eigenvalue weighted by molar-refractivity contribution is -0.128. The van der Waals surface area contributed by atoms with Crippen LogP contribution < -0.4 is 10.2 Å². The highest BCUT2D eigenvalue weighted by molar-refractivity contribution is 6.06. The quantitative estimate of drug-likeness (QED) is 0.855. The zero-order valence-electron chi connectivity index (χ0n) is 12.3. The summed E-state index contributed by atoms with van der Waals surface area (Å²) in [5.74, 6) is 0.0736. The van der Waals surface area contributed by atoms with Gasteiger partial charge in [0.05, 0.1) is 0 Å². The van der Waals surface area contributed by atoms with Crippen molar-refractivity contribution in [3.63, 3.8) is 0 Å². The van der Waals surface area contributed by atoms with E-state index >= 15 is 0 Å². The molecule has 4 nitrogen and oxygen atoms in total. The van der Waals surface area contributed by atoms with Gasteiger partial charge in [-0.1, -0.05) is 32.0 Å². The highest BCUT2D eigenvalue weighted by atomic mass is 16.2. The van der Waals surface area contributed by atoms with Crippen LogP contribution in [0.25, 0.3) is 0 Å². The van der Waals surface area contributed by atoms with E-state index in [2.05, 4.69) is 5.32 Å². The Morgan fingerprint density at radius 2 is 2.05 bits per heavy atom. The van der Waals surface area contributed by atoms with Gasteiger partial charge in [-0.05, 0) is 30.9 Å². The largest absolute Gasteiger partial charge is 0.355 e. The summed E-state index contributed by atoms with van der Waals surface area (Å²) in [7, 11) is 0. The van der Waals surface area contributed by atoms with Gasteiger partial charge in [-0.3, -0.25) is 9.59 Å². The molecule has 1 unspecified atom stereocenters. The minimum atomic E-state index is -0.194.